The third kappa shape index (κ3) is 4.84. The van der Waals surface area contributed by atoms with Gasteiger partial charge in [-0.15, -0.1) is 11.3 Å². The highest BCUT2D eigenvalue weighted by Gasteiger charge is 2.32. The van der Waals surface area contributed by atoms with E-state index in [0.717, 1.165) is 17.7 Å². The van der Waals surface area contributed by atoms with E-state index in [9.17, 15) is 4.79 Å². The predicted molar refractivity (Wildman–Crippen MR) is 125 cm³/mol. The van der Waals surface area contributed by atoms with Crippen LogP contribution in [-0.2, 0) is 17.0 Å². The SMILES string of the molecule is CCCc1nc(CSC2=N/C(=C\c3cccs3)C(=O)N2c2ccc(OC)c(Cl)c2)no1. The summed E-state index contributed by atoms with van der Waals surface area (Å²) in [7, 11) is 1.55. The number of hydrogen-bond acceptors (Lipinski definition) is 8. The molecular formula is C21H19ClN4O3S2. The van der Waals surface area contributed by atoms with Crippen molar-refractivity contribution in [2.45, 2.75) is 25.5 Å². The van der Waals surface area contributed by atoms with Crippen LogP contribution in [0.3, 0.4) is 0 Å². The number of amidine groups is 1. The molecule has 0 fully saturated rings. The third-order valence-corrected chi connectivity index (χ3v) is 6.40. The number of halogens is 1. The van der Waals surface area contributed by atoms with E-state index in [1.165, 1.54) is 11.8 Å². The summed E-state index contributed by atoms with van der Waals surface area (Å²) in [5.74, 6) is 1.91. The van der Waals surface area contributed by atoms with Crippen molar-refractivity contribution in [1.82, 2.24) is 10.1 Å². The summed E-state index contributed by atoms with van der Waals surface area (Å²) in [6, 6.07) is 9.07. The number of amides is 1. The molecule has 3 aromatic rings. The molecule has 0 bridgehead atoms. The van der Waals surface area contributed by atoms with Crippen molar-refractivity contribution in [3.63, 3.8) is 0 Å². The number of hydrogen-bond donors (Lipinski definition) is 0. The third-order valence-electron chi connectivity index (χ3n) is 4.35. The van der Waals surface area contributed by atoms with E-state index in [-0.39, 0.29) is 5.91 Å². The molecule has 31 heavy (non-hydrogen) atoms. The van der Waals surface area contributed by atoms with Crippen molar-refractivity contribution >= 4 is 57.5 Å². The van der Waals surface area contributed by atoms with E-state index in [4.69, 9.17) is 20.9 Å². The molecule has 1 aliphatic rings. The molecule has 1 aliphatic heterocycles. The van der Waals surface area contributed by atoms with Gasteiger partial charge in [0.05, 0.1) is 23.6 Å². The Bertz CT molecular complexity index is 1140. The largest absolute Gasteiger partial charge is 0.495 e. The standard InChI is InChI=1S/C21H19ClN4O3S2/c1-3-5-19-24-18(25-29-19)12-31-21-23-16(11-14-6-4-9-30-14)20(27)26(21)13-7-8-17(28-2)15(22)10-13/h4,6-11H,3,5,12H2,1-2H3/b16-11-. The van der Waals surface area contributed by atoms with E-state index < -0.39 is 0 Å². The van der Waals surface area contributed by atoms with Gasteiger partial charge in [0, 0.05) is 11.3 Å². The zero-order valence-electron chi connectivity index (χ0n) is 16.9. The molecule has 0 atom stereocenters. The molecule has 3 heterocycles. The monoisotopic (exact) mass is 474 g/mol. The van der Waals surface area contributed by atoms with Gasteiger partial charge in [0.2, 0.25) is 5.89 Å². The first-order chi connectivity index (χ1) is 15.1. The summed E-state index contributed by atoms with van der Waals surface area (Å²) in [6.45, 7) is 2.05. The van der Waals surface area contributed by atoms with Crippen molar-refractivity contribution < 1.29 is 14.1 Å². The van der Waals surface area contributed by atoms with Crippen molar-refractivity contribution in [2.24, 2.45) is 4.99 Å². The van der Waals surface area contributed by atoms with Crippen LogP contribution in [0.4, 0.5) is 5.69 Å². The predicted octanol–water partition coefficient (Wildman–Crippen LogP) is 5.42. The number of aliphatic imine (C=N–C) groups is 1. The van der Waals surface area contributed by atoms with E-state index in [1.807, 2.05) is 17.5 Å². The molecule has 10 heteroatoms. The average Bonchev–Trinajstić information content (AvgIpc) is 3.49. The van der Waals surface area contributed by atoms with Gasteiger partial charge in [-0.25, -0.2) is 4.99 Å². The van der Waals surface area contributed by atoms with Crippen LogP contribution in [0.5, 0.6) is 5.75 Å². The average molecular weight is 475 g/mol. The summed E-state index contributed by atoms with van der Waals surface area (Å²) in [5.41, 5.74) is 0.966. The minimum Gasteiger partial charge on any atom is -0.495 e. The Morgan fingerprint density at radius 1 is 1.35 bits per heavy atom. The number of ether oxygens (including phenoxy) is 1. The molecule has 7 nitrogen and oxygen atoms in total. The molecular weight excluding hydrogens is 456 g/mol. The Morgan fingerprint density at radius 3 is 2.94 bits per heavy atom. The second-order valence-corrected chi connectivity index (χ2v) is 8.87. The maximum absolute atomic E-state index is 13.2. The number of rotatable bonds is 7. The maximum atomic E-state index is 13.2. The zero-order valence-corrected chi connectivity index (χ0v) is 19.3. The number of carbonyl (C=O) groups excluding carboxylic acids is 1. The molecule has 0 radical (unpaired) electrons. The van der Waals surface area contributed by atoms with Gasteiger partial charge in [-0.3, -0.25) is 9.69 Å². The normalized spacial score (nSPS) is 15.1. The van der Waals surface area contributed by atoms with Gasteiger partial charge in [-0.1, -0.05) is 41.5 Å². The summed E-state index contributed by atoms with van der Waals surface area (Å²) in [4.78, 5) is 24.7. The first-order valence-corrected chi connectivity index (χ1v) is 11.8. The molecule has 0 saturated heterocycles. The second-order valence-electron chi connectivity index (χ2n) is 6.54. The number of nitrogens with zero attached hydrogens (tertiary/aromatic N) is 4. The van der Waals surface area contributed by atoms with Gasteiger partial charge in [0.25, 0.3) is 5.91 Å². The Morgan fingerprint density at radius 2 is 2.23 bits per heavy atom. The first kappa shape index (κ1) is 21.6. The van der Waals surface area contributed by atoms with Crippen LogP contribution in [0.2, 0.25) is 5.02 Å². The number of benzene rings is 1. The van der Waals surface area contributed by atoms with Gasteiger partial charge >= 0.3 is 0 Å². The smallest absolute Gasteiger partial charge is 0.283 e. The van der Waals surface area contributed by atoms with Crippen LogP contribution in [0.15, 0.2) is 50.9 Å². The Hall–Kier alpha value is -2.62. The number of thiophene rings is 1. The van der Waals surface area contributed by atoms with Gasteiger partial charge in [-0.2, -0.15) is 4.98 Å². The van der Waals surface area contributed by atoms with E-state index in [2.05, 4.69) is 22.1 Å². The fraction of sp³-hybridized carbons (Fsp3) is 0.238. The summed E-state index contributed by atoms with van der Waals surface area (Å²) in [6.07, 6.45) is 3.45. The van der Waals surface area contributed by atoms with Gasteiger partial charge < -0.3 is 9.26 Å². The lowest BCUT2D eigenvalue weighted by molar-refractivity contribution is -0.113. The minimum absolute atomic E-state index is 0.225. The van der Waals surface area contributed by atoms with Crippen LogP contribution in [-0.4, -0.2) is 28.3 Å². The zero-order chi connectivity index (χ0) is 21.8. The lowest BCUT2D eigenvalue weighted by Gasteiger charge is -2.18. The molecule has 4 rings (SSSR count). The van der Waals surface area contributed by atoms with Crippen molar-refractivity contribution in [1.29, 1.82) is 0 Å². The second kappa shape index (κ2) is 9.67. The van der Waals surface area contributed by atoms with Crippen molar-refractivity contribution in [3.05, 3.63) is 63.0 Å². The fourth-order valence-corrected chi connectivity index (χ4v) is 4.68. The van der Waals surface area contributed by atoms with Gasteiger partial charge in [0.15, 0.2) is 11.0 Å². The number of thioether (sulfide) groups is 1. The highest BCUT2D eigenvalue weighted by molar-refractivity contribution is 8.13. The van der Waals surface area contributed by atoms with Gasteiger partial charge in [-0.05, 0) is 42.1 Å². The Balaban J connectivity index is 1.63. The van der Waals surface area contributed by atoms with Gasteiger partial charge in [0.1, 0.15) is 11.4 Å². The summed E-state index contributed by atoms with van der Waals surface area (Å²) < 4.78 is 10.5. The molecule has 0 N–H and O–H groups in total. The van der Waals surface area contributed by atoms with Crippen LogP contribution in [0, 0.1) is 0 Å². The topological polar surface area (TPSA) is 80.8 Å². The molecule has 1 amide bonds. The molecule has 1 aromatic carbocycles. The van der Waals surface area contributed by atoms with Crippen LogP contribution in [0.25, 0.3) is 6.08 Å². The Labute approximate surface area is 192 Å². The summed E-state index contributed by atoms with van der Waals surface area (Å²) in [5, 5.41) is 6.90. The van der Waals surface area contributed by atoms with Crippen molar-refractivity contribution in [2.75, 3.05) is 12.0 Å². The molecule has 160 valence electrons. The number of anilines is 1. The summed E-state index contributed by atoms with van der Waals surface area (Å²) >= 11 is 9.21. The molecule has 0 aliphatic carbocycles. The highest BCUT2D eigenvalue weighted by atomic mass is 35.5. The Kier molecular flexibility index (Phi) is 6.74. The minimum atomic E-state index is -0.225. The molecule has 0 unspecified atom stereocenters. The van der Waals surface area contributed by atoms with Crippen LogP contribution < -0.4 is 9.64 Å². The molecule has 0 spiro atoms. The number of aromatic nitrogens is 2. The van der Waals surface area contributed by atoms with Crippen LogP contribution in [0.1, 0.15) is 29.9 Å². The van der Waals surface area contributed by atoms with Crippen LogP contribution >= 0.6 is 34.7 Å². The van der Waals surface area contributed by atoms with E-state index >= 15 is 0 Å². The fourth-order valence-electron chi connectivity index (χ4n) is 2.92. The van der Waals surface area contributed by atoms with E-state index in [1.54, 1.807) is 47.6 Å². The molecule has 0 saturated carbocycles. The van der Waals surface area contributed by atoms with Crippen molar-refractivity contribution in [3.8, 4) is 5.75 Å². The quantitative estimate of drug-likeness (QED) is 0.425. The van der Waals surface area contributed by atoms with E-state index in [0.29, 0.717) is 44.8 Å². The lowest BCUT2D eigenvalue weighted by atomic mass is 10.2. The number of carbonyl (C=O) groups is 1. The lowest BCUT2D eigenvalue weighted by Crippen LogP contribution is -2.30. The number of methoxy groups -OCH3 is 1. The maximum Gasteiger partial charge on any atom is 0.283 e. The highest BCUT2D eigenvalue weighted by Crippen LogP contribution is 2.35. The molecule has 2 aromatic heterocycles. The first-order valence-electron chi connectivity index (χ1n) is 9.55. The number of aryl methyl sites for hydroxylation is 1.